The third-order valence-corrected chi connectivity index (χ3v) is 9.40. The highest BCUT2D eigenvalue weighted by Crippen LogP contribution is 2.36. The van der Waals surface area contributed by atoms with E-state index in [-0.39, 0.29) is 44.7 Å². The first-order chi connectivity index (χ1) is 26.2. The van der Waals surface area contributed by atoms with Gasteiger partial charge in [0, 0.05) is 25.2 Å². The van der Waals surface area contributed by atoms with Crippen LogP contribution in [0.5, 0.6) is 0 Å². The number of nitriles is 2. The number of esters is 2. The van der Waals surface area contributed by atoms with Gasteiger partial charge in [0.25, 0.3) is 0 Å². The minimum atomic E-state index is -0.490. The number of azo groups is 1. The van der Waals surface area contributed by atoms with Crippen LogP contribution in [-0.4, -0.2) is 84.2 Å². The van der Waals surface area contributed by atoms with E-state index in [9.17, 15) is 24.9 Å². The summed E-state index contributed by atoms with van der Waals surface area (Å²) < 4.78 is 27.9. The van der Waals surface area contributed by atoms with Gasteiger partial charge in [0.05, 0.1) is 62.7 Å². The van der Waals surface area contributed by atoms with Crippen LogP contribution in [0, 0.1) is 48.3 Å². The van der Waals surface area contributed by atoms with E-state index in [1.54, 1.807) is 6.92 Å². The second-order valence-electron chi connectivity index (χ2n) is 12.1. The lowest BCUT2D eigenvalue weighted by atomic mass is 10.0. The van der Waals surface area contributed by atoms with Crippen molar-refractivity contribution < 1.29 is 38.1 Å². The standard InChI is InChI=1S/C40H53N5O8S/c1-6-9-11-32(8-3)39(47)52-25-23-50-20-17-45(16-19-49-21-22-51-24-26-53-40(48)33(15-18-46)12-10-7-2)34-13-14-36(30(4)27-34)43-44-38-35(28-41)31(5)37(29-42)54-38/h6-7,9-10,13-14,18,27,32-33H,8,11-12,15-17,19-26H2,1-5H3/b9-6+,10-7+,44-43+. The van der Waals surface area contributed by atoms with Crippen LogP contribution in [0.2, 0.25) is 0 Å². The van der Waals surface area contributed by atoms with Gasteiger partial charge in [-0.25, -0.2) is 0 Å². The van der Waals surface area contributed by atoms with Gasteiger partial charge in [-0.2, -0.15) is 10.5 Å². The molecule has 0 spiro atoms. The summed E-state index contributed by atoms with van der Waals surface area (Å²) in [4.78, 5) is 38.1. The summed E-state index contributed by atoms with van der Waals surface area (Å²) in [6.45, 7) is 12.7. The molecule has 0 fully saturated rings. The molecule has 1 aromatic carbocycles. The largest absolute Gasteiger partial charge is 0.463 e. The Hall–Kier alpha value is -4.73. The summed E-state index contributed by atoms with van der Waals surface area (Å²) in [5, 5.41) is 28.0. The van der Waals surface area contributed by atoms with Crippen LogP contribution in [-0.2, 0) is 38.1 Å². The van der Waals surface area contributed by atoms with Gasteiger partial charge in [-0.05, 0) is 76.3 Å². The first kappa shape index (κ1) is 45.4. The molecule has 2 atom stereocenters. The number of nitrogens with zero attached hydrogens (tertiary/aromatic N) is 5. The Labute approximate surface area is 323 Å². The molecular weight excluding hydrogens is 711 g/mol. The van der Waals surface area contributed by atoms with E-state index >= 15 is 0 Å². The third kappa shape index (κ3) is 16.1. The quantitative estimate of drug-likeness (QED) is 0.0288. The number of anilines is 1. The molecule has 292 valence electrons. The Morgan fingerprint density at radius 2 is 1.39 bits per heavy atom. The molecule has 1 aromatic heterocycles. The summed E-state index contributed by atoms with van der Waals surface area (Å²) in [6, 6.07) is 9.97. The maximum Gasteiger partial charge on any atom is 0.309 e. The number of allylic oxidation sites excluding steroid dienone is 4. The normalized spacial score (nSPS) is 12.5. The Morgan fingerprint density at radius 3 is 1.93 bits per heavy atom. The molecule has 0 saturated heterocycles. The number of carbonyl (C=O) groups excluding carboxylic acids is 3. The molecule has 0 aliphatic carbocycles. The van der Waals surface area contributed by atoms with E-state index < -0.39 is 11.9 Å². The van der Waals surface area contributed by atoms with Gasteiger partial charge in [0.1, 0.15) is 36.5 Å². The summed E-state index contributed by atoms with van der Waals surface area (Å²) in [6.07, 6.45) is 10.2. The number of benzene rings is 1. The van der Waals surface area contributed by atoms with E-state index in [1.807, 2.05) is 70.2 Å². The van der Waals surface area contributed by atoms with Crippen molar-refractivity contribution in [2.75, 3.05) is 70.8 Å². The fourth-order valence-electron chi connectivity index (χ4n) is 5.07. The predicted octanol–water partition coefficient (Wildman–Crippen LogP) is 7.63. The van der Waals surface area contributed by atoms with Crippen LogP contribution in [0.15, 0.2) is 52.7 Å². The van der Waals surface area contributed by atoms with Crippen molar-refractivity contribution in [1.82, 2.24) is 0 Å². The zero-order valence-electron chi connectivity index (χ0n) is 32.1. The zero-order chi connectivity index (χ0) is 39.6. The molecule has 54 heavy (non-hydrogen) atoms. The number of thiophene rings is 1. The molecule has 0 bridgehead atoms. The van der Waals surface area contributed by atoms with Crippen molar-refractivity contribution in [3.8, 4) is 12.1 Å². The average molecular weight is 764 g/mol. The Balaban J connectivity index is 1.94. The van der Waals surface area contributed by atoms with Gasteiger partial charge in [-0.15, -0.1) is 21.6 Å². The average Bonchev–Trinajstić information content (AvgIpc) is 3.49. The van der Waals surface area contributed by atoms with Gasteiger partial charge in [0.15, 0.2) is 5.00 Å². The van der Waals surface area contributed by atoms with E-state index in [2.05, 4.69) is 27.3 Å². The zero-order valence-corrected chi connectivity index (χ0v) is 32.9. The van der Waals surface area contributed by atoms with Gasteiger partial charge in [-0.1, -0.05) is 31.2 Å². The second kappa shape index (κ2) is 26.9. The molecule has 2 rings (SSSR count). The van der Waals surface area contributed by atoms with Crippen LogP contribution >= 0.6 is 11.3 Å². The molecule has 2 unspecified atom stereocenters. The predicted molar refractivity (Wildman–Crippen MR) is 207 cm³/mol. The Bertz CT molecular complexity index is 1640. The minimum absolute atomic E-state index is 0.0919. The van der Waals surface area contributed by atoms with Crippen LogP contribution in [0.3, 0.4) is 0 Å². The molecule has 13 nitrogen and oxygen atoms in total. The summed E-state index contributed by atoms with van der Waals surface area (Å²) >= 11 is 1.14. The van der Waals surface area contributed by atoms with Gasteiger partial charge < -0.3 is 33.4 Å². The molecule has 0 amide bonds. The van der Waals surface area contributed by atoms with Crippen LogP contribution in [0.1, 0.15) is 68.0 Å². The summed E-state index contributed by atoms with van der Waals surface area (Å²) in [5.74, 6) is -1.29. The van der Waals surface area contributed by atoms with Crippen LogP contribution in [0.25, 0.3) is 0 Å². The van der Waals surface area contributed by atoms with Crippen molar-refractivity contribution >= 4 is 45.9 Å². The van der Waals surface area contributed by atoms with Gasteiger partial charge >= 0.3 is 11.9 Å². The highest BCUT2D eigenvalue weighted by atomic mass is 32.1. The molecule has 0 radical (unpaired) electrons. The van der Waals surface area contributed by atoms with Crippen molar-refractivity contribution in [3.63, 3.8) is 0 Å². The van der Waals surface area contributed by atoms with Crippen molar-refractivity contribution in [2.45, 2.75) is 60.3 Å². The molecule has 2 aromatic rings. The van der Waals surface area contributed by atoms with E-state index in [0.29, 0.717) is 85.5 Å². The Morgan fingerprint density at radius 1 is 0.815 bits per heavy atom. The molecule has 0 aliphatic rings. The lowest BCUT2D eigenvalue weighted by Gasteiger charge is -2.25. The number of hydrogen-bond acceptors (Lipinski definition) is 14. The van der Waals surface area contributed by atoms with Crippen molar-refractivity contribution in [3.05, 3.63) is 64.1 Å². The maximum absolute atomic E-state index is 12.4. The minimum Gasteiger partial charge on any atom is -0.463 e. The number of ether oxygens (including phenoxy) is 5. The van der Waals surface area contributed by atoms with E-state index in [1.165, 1.54) is 0 Å². The number of aldehydes is 1. The van der Waals surface area contributed by atoms with E-state index in [4.69, 9.17) is 23.7 Å². The summed E-state index contributed by atoms with van der Waals surface area (Å²) in [5.41, 5.74) is 3.35. The van der Waals surface area contributed by atoms with Gasteiger partial charge in [-0.3, -0.25) is 9.59 Å². The lowest BCUT2D eigenvalue weighted by molar-refractivity contribution is -0.151. The molecule has 1 heterocycles. The first-order valence-corrected chi connectivity index (χ1v) is 19.0. The maximum atomic E-state index is 12.4. The highest BCUT2D eigenvalue weighted by molar-refractivity contribution is 7.16. The second-order valence-corrected chi connectivity index (χ2v) is 13.1. The molecular formula is C40H53N5O8S. The van der Waals surface area contributed by atoms with Crippen LogP contribution in [0.4, 0.5) is 16.4 Å². The SMILES string of the molecule is C/C=C/CC(CC)C(=O)OCCOCCN(CCOCCOCCOC(=O)C(CC=O)C/C=C/C)c1ccc(/N=N/c2sc(C#N)c(C)c2C#N)c(C)c1. The van der Waals surface area contributed by atoms with Crippen molar-refractivity contribution in [1.29, 1.82) is 10.5 Å². The Kier molecular flexibility index (Phi) is 22.7. The first-order valence-electron chi connectivity index (χ1n) is 18.2. The van der Waals surface area contributed by atoms with Crippen molar-refractivity contribution in [2.24, 2.45) is 22.1 Å². The number of aryl methyl sites for hydroxylation is 1. The lowest BCUT2D eigenvalue weighted by Crippen LogP contribution is -2.31. The monoisotopic (exact) mass is 763 g/mol. The number of hydrogen-bond donors (Lipinski definition) is 0. The van der Waals surface area contributed by atoms with Gasteiger partial charge in [0.2, 0.25) is 0 Å². The molecule has 14 heteroatoms. The fraction of sp³-hybridized carbons (Fsp3) is 0.525. The fourth-order valence-corrected chi connectivity index (χ4v) is 5.95. The number of carbonyl (C=O) groups is 3. The molecule has 0 N–H and O–H groups in total. The topological polar surface area (TPSA) is 173 Å². The molecule has 0 saturated carbocycles. The summed E-state index contributed by atoms with van der Waals surface area (Å²) in [7, 11) is 0. The van der Waals surface area contributed by atoms with E-state index in [0.717, 1.165) is 28.9 Å². The smallest absolute Gasteiger partial charge is 0.309 e. The molecule has 0 aliphatic heterocycles. The third-order valence-electron chi connectivity index (χ3n) is 8.32. The highest BCUT2D eigenvalue weighted by Gasteiger charge is 2.19. The van der Waals surface area contributed by atoms with Crippen LogP contribution < -0.4 is 4.90 Å². The number of rotatable bonds is 27.